The third-order valence-corrected chi connectivity index (χ3v) is 7.55. The smallest absolute Gasteiger partial charge is 0.249 e. The van der Waals surface area contributed by atoms with E-state index in [4.69, 9.17) is 11.6 Å². The van der Waals surface area contributed by atoms with E-state index in [1.54, 1.807) is 24.3 Å². The maximum absolute atomic E-state index is 12.7. The van der Waals surface area contributed by atoms with E-state index in [2.05, 4.69) is 15.5 Å². The lowest BCUT2D eigenvalue weighted by molar-refractivity contribution is -0.116. The third-order valence-electron chi connectivity index (χ3n) is 4.01. The van der Waals surface area contributed by atoms with Gasteiger partial charge in [-0.15, -0.1) is 10.2 Å². The van der Waals surface area contributed by atoms with E-state index in [1.165, 1.54) is 30.0 Å². The Morgan fingerprint density at radius 2 is 1.83 bits per heavy atom. The fourth-order valence-corrected chi connectivity index (χ4v) is 5.66. The number of rotatable bonds is 8. The summed E-state index contributed by atoms with van der Waals surface area (Å²) in [7, 11) is -3.71. The Kier molecular flexibility index (Phi) is 7.35. The maximum Gasteiger partial charge on any atom is 0.249 e. The zero-order chi connectivity index (χ0) is 21.7. The predicted octanol–water partition coefficient (Wildman–Crippen LogP) is 4.28. The fourth-order valence-electron chi connectivity index (χ4n) is 2.64. The van der Waals surface area contributed by atoms with E-state index in [9.17, 15) is 13.2 Å². The summed E-state index contributed by atoms with van der Waals surface area (Å²) in [5.41, 5.74) is 1.50. The molecule has 1 aromatic heterocycles. The van der Waals surface area contributed by atoms with Gasteiger partial charge >= 0.3 is 0 Å². The number of hydrogen-bond donors (Lipinski definition) is 1. The Bertz CT molecular complexity index is 1110. The first kappa shape index (κ1) is 22.5. The molecule has 0 aliphatic heterocycles. The number of aromatic nitrogens is 2. The molecule has 1 heterocycles. The molecule has 0 aliphatic rings. The van der Waals surface area contributed by atoms with Crippen LogP contribution in [0.4, 0.5) is 10.8 Å². The van der Waals surface area contributed by atoms with E-state index in [1.807, 2.05) is 30.3 Å². The van der Waals surface area contributed by atoms with E-state index in [0.717, 1.165) is 21.9 Å². The second kappa shape index (κ2) is 9.78. The summed E-state index contributed by atoms with van der Waals surface area (Å²) in [6.45, 7) is 1.51. The summed E-state index contributed by atoms with van der Waals surface area (Å²) in [6.07, 6.45) is 1.05. The van der Waals surface area contributed by atoms with Gasteiger partial charge in [0, 0.05) is 10.8 Å². The number of thioether (sulfide) groups is 1. The summed E-state index contributed by atoms with van der Waals surface area (Å²) in [5, 5.41) is 11.5. The normalized spacial score (nSPS) is 12.4. The van der Waals surface area contributed by atoms with Crippen LogP contribution in [0.25, 0.3) is 0 Å². The van der Waals surface area contributed by atoms with Crippen molar-refractivity contribution in [1.82, 2.24) is 10.2 Å². The summed E-state index contributed by atoms with van der Waals surface area (Å²) in [5.74, 6) is 0.226. The van der Waals surface area contributed by atoms with Gasteiger partial charge in [-0.2, -0.15) is 0 Å². The number of hydrogen-bond acceptors (Lipinski definition) is 7. The van der Waals surface area contributed by atoms with E-state index >= 15 is 0 Å². The molecule has 30 heavy (non-hydrogen) atoms. The molecule has 0 radical (unpaired) electrons. The second-order valence-electron chi connectivity index (χ2n) is 6.35. The third kappa shape index (κ3) is 5.94. The minimum atomic E-state index is -3.71. The van der Waals surface area contributed by atoms with Crippen molar-refractivity contribution in [2.75, 3.05) is 15.9 Å². The van der Waals surface area contributed by atoms with Crippen molar-refractivity contribution in [3.8, 4) is 0 Å². The summed E-state index contributed by atoms with van der Waals surface area (Å²) >= 11 is 8.64. The first-order valence-electron chi connectivity index (χ1n) is 8.80. The highest BCUT2D eigenvalue weighted by molar-refractivity contribution is 8.00. The largest absolute Gasteiger partial charge is 0.299 e. The molecule has 1 N–H and O–H groups in total. The Balaban J connectivity index is 1.68. The molecule has 7 nitrogen and oxygen atoms in total. The Labute approximate surface area is 188 Å². The molecule has 1 amide bonds. The van der Waals surface area contributed by atoms with Crippen LogP contribution in [0.1, 0.15) is 12.5 Å². The Morgan fingerprint density at radius 3 is 2.47 bits per heavy atom. The number of carbonyl (C=O) groups excluding carboxylic acids is 1. The minimum absolute atomic E-state index is 0.312. The van der Waals surface area contributed by atoms with Gasteiger partial charge in [-0.25, -0.2) is 8.42 Å². The van der Waals surface area contributed by atoms with Gasteiger partial charge in [0.05, 0.1) is 11.9 Å². The lowest BCUT2D eigenvalue weighted by Gasteiger charge is -2.27. The lowest BCUT2D eigenvalue weighted by Crippen LogP contribution is -2.45. The number of benzene rings is 2. The van der Waals surface area contributed by atoms with Gasteiger partial charge in [0.15, 0.2) is 4.34 Å². The number of carbonyl (C=O) groups is 1. The molecule has 158 valence electrons. The number of amides is 1. The van der Waals surface area contributed by atoms with Gasteiger partial charge in [0.25, 0.3) is 0 Å². The Morgan fingerprint density at radius 1 is 1.17 bits per heavy atom. The number of nitrogens with one attached hydrogen (secondary N) is 1. The molecular formula is C19H19ClN4O3S3. The maximum atomic E-state index is 12.7. The lowest BCUT2D eigenvalue weighted by atomic mass is 10.2. The molecule has 1 atom stereocenters. The molecule has 0 saturated heterocycles. The summed E-state index contributed by atoms with van der Waals surface area (Å²) < 4.78 is 26.4. The predicted molar refractivity (Wildman–Crippen MR) is 123 cm³/mol. The highest BCUT2D eigenvalue weighted by Gasteiger charge is 2.29. The number of sulfonamides is 1. The molecule has 0 fully saturated rings. The van der Waals surface area contributed by atoms with Gasteiger partial charge in [-0.3, -0.25) is 14.4 Å². The molecule has 0 aliphatic carbocycles. The zero-order valence-electron chi connectivity index (χ0n) is 16.1. The molecule has 2 aromatic carbocycles. The van der Waals surface area contributed by atoms with Crippen LogP contribution in [-0.4, -0.2) is 36.8 Å². The van der Waals surface area contributed by atoms with E-state index in [-0.39, 0.29) is 0 Å². The molecule has 0 saturated carbocycles. The van der Waals surface area contributed by atoms with Crippen molar-refractivity contribution in [2.45, 2.75) is 23.1 Å². The van der Waals surface area contributed by atoms with Crippen LogP contribution in [0.2, 0.25) is 5.02 Å². The quantitative estimate of drug-likeness (QED) is 0.380. The summed E-state index contributed by atoms with van der Waals surface area (Å²) in [4.78, 5) is 12.7. The molecule has 0 bridgehead atoms. The second-order valence-corrected chi connectivity index (χ2v) is 10.8. The standard InChI is InChI=1S/C19H19ClN4O3S3/c1-13(24(30(2,26)27)16-10-8-15(20)9-11-16)17(25)21-18-22-23-19(29-18)28-12-14-6-4-3-5-7-14/h3-11,13H,12H2,1-2H3,(H,21,22,25)/t13-/m0/s1. The molecule has 11 heteroatoms. The SMILES string of the molecule is C[C@@H](C(=O)Nc1nnc(SCc2ccccc2)s1)N(c1ccc(Cl)cc1)S(C)(=O)=O. The molecule has 3 rings (SSSR count). The van der Waals surface area contributed by atoms with Crippen molar-refractivity contribution in [3.05, 3.63) is 65.2 Å². The first-order chi connectivity index (χ1) is 14.2. The highest BCUT2D eigenvalue weighted by Crippen LogP contribution is 2.29. The average Bonchev–Trinajstić information content (AvgIpc) is 3.15. The van der Waals surface area contributed by atoms with Gasteiger partial charge in [-0.1, -0.05) is 65.0 Å². The molecule has 3 aromatic rings. The topological polar surface area (TPSA) is 92.3 Å². The molecule has 0 unspecified atom stereocenters. The van der Waals surface area contributed by atoms with Crippen LogP contribution in [0.3, 0.4) is 0 Å². The number of nitrogens with zero attached hydrogens (tertiary/aromatic N) is 3. The fraction of sp³-hybridized carbons (Fsp3) is 0.211. The van der Waals surface area contributed by atoms with Crippen LogP contribution < -0.4 is 9.62 Å². The van der Waals surface area contributed by atoms with Crippen molar-refractivity contribution in [2.24, 2.45) is 0 Å². The van der Waals surface area contributed by atoms with E-state index in [0.29, 0.717) is 20.2 Å². The van der Waals surface area contributed by atoms with Crippen LogP contribution in [0.5, 0.6) is 0 Å². The average molecular weight is 483 g/mol. The van der Waals surface area contributed by atoms with Crippen LogP contribution >= 0.6 is 34.7 Å². The van der Waals surface area contributed by atoms with Gasteiger partial charge in [0.2, 0.25) is 21.1 Å². The highest BCUT2D eigenvalue weighted by atomic mass is 35.5. The zero-order valence-corrected chi connectivity index (χ0v) is 19.4. The first-order valence-corrected chi connectivity index (χ1v) is 12.8. The van der Waals surface area contributed by atoms with Crippen molar-refractivity contribution in [1.29, 1.82) is 0 Å². The number of anilines is 2. The van der Waals surface area contributed by atoms with Gasteiger partial charge in [0.1, 0.15) is 6.04 Å². The molecule has 0 spiro atoms. The van der Waals surface area contributed by atoms with Crippen LogP contribution in [0, 0.1) is 0 Å². The summed E-state index contributed by atoms with van der Waals surface area (Å²) in [6, 6.07) is 15.2. The number of halogens is 1. The van der Waals surface area contributed by atoms with Crippen LogP contribution in [0.15, 0.2) is 58.9 Å². The van der Waals surface area contributed by atoms with Crippen molar-refractivity contribution < 1.29 is 13.2 Å². The van der Waals surface area contributed by atoms with E-state index < -0.39 is 22.0 Å². The van der Waals surface area contributed by atoms with Gasteiger partial charge in [-0.05, 0) is 36.8 Å². The van der Waals surface area contributed by atoms with Crippen molar-refractivity contribution >= 4 is 61.4 Å². The van der Waals surface area contributed by atoms with Crippen molar-refractivity contribution in [3.63, 3.8) is 0 Å². The Hall–Kier alpha value is -2.14. The molecular weight excluding hydrogens is 464 g/mol. The van der Waals surface area contributed by atoms with Crippen LogP contribution in [-0.2, 0) is 20.6 Å². The minimum Gasteiger partial charge on any atom is -0.299 e. The monoisotopic (exact) mass is 482 g/mol. The van der Waals surface area contributed by atoms with Gasteiger partial charge < -0.3 is 0 Å².